The molecule has 1 heterocycles. The molecule has 0 aliphatic carbocycles. The number of rotatable bonds is 4. The number of nitrogens with one attached hydrogen (secondary N) is 1. The van der Waals surface area contributed by atoms with E-state index in [2.05, 4.69) is 10.4 Å². The van der Waals surface area contributed by atoms with Gasteiger partial charge in [-0.15, -0.1) is 0 Å². The van der Waals surface area contributed by atoms with E-state index in [1.54, 1.807) is 19.1 Å². The monoisotopic (exact) mass is 443 g/mol. The zero-order chi connectivity index (χ0) is 22.5. The molecule has 0 saturated heterocycles. The lowest BCUT2D eigenvalue weighted by atomic mass is 9.99. The van der Waals surface area contributed by atoms with E-state index in [4.69, 9.17) is 23.8 Å². The molecular weight excluding hydrogens is 411 g/mol. The molecule has 164 valence electrons. The number of thiocarbonyl (C=S) groups is 1. The minimum Gasteiger partial charge on any atom is -0.362 e. The number of alkyl halides is 3. The van der Waals surface area contributed by atoms with Crippen LogP contribution in [0.15, 0.2) is 28.5 Å². The van der Waals surface area contributed by atoms with Gasteiger partial charge in [-0.1, -0.05) is 58.4 Å². The van der Waals surface area contributed by atoms with Gasteiger partial charge in [0, 0.05) is 17.8 Å². The van der Waals surface area contributed by atoms with Crippen molar-refractivity contribution in [2.45, 2.75) is 79.6 Å². The second-order valence-corrected chi connectivity index (χ2v) is 6.89. The van der Waals surface area contributed by atoms with Gasteiger partial charge in [-0.25, -0.2) is 0 Å². The molecule has 0 radical (unpaired) electrons. The number of aliphatic hydroxyl groups is 1. The van der Waals surface area contributed by atoms with E-state index in [0.29, 0.717) is 23.5 Å². The summed E-state index contributed by atoms with van der Waals surface area (Å²) in [5.41, 5.74) is -0.714. The number of halogens is 4. The normalized spacial score (nSPS) is 19.7. The third-order valence-corrected chi connectivity index (χ3v) is 3.80. The van der Waals surface area contributed by atoms with Crippen molar-refractivity contribution < 1.29 is 18.3 Å². The summed E-state index contributed by atoms with van der Waals surface area (Å²) in [5, 5.41) is 16.9. The second kappa shape index (κ2) is 14.0. The number of hydrogen-bond acceptors (Lipinski definition) is 3. The van der Waals surface area contributed by atoms with Crippen molar-refractivity contribution in [1.29, 1.82) is 0 Å². The molecular formula is C19H33ClF3N3OS. The molecule has 0 spiro atoms. The zero-order valence-corrected chi connectivity index (χ0v) is 19.3. The molecule has 2 N–H and O–H groups in total. The van der Waals surface area contributed by atoms with Gasteiger partial charge in [0.2, 0.25) is 0 Å². The Morgan fingerprint density at radius 2 is 1.93 bits per heavy atom. The maximum Gasteiger partial charge on any atom is 0.438 e. The third-order valence-electron chi connectivity index (χ3n) is 3.27. The van der Waals surface area contributed by atoms with Crippen LogP contribution in [0.2, 0.25) is 0 Å². The predicted octanol–water partition coefficient (Wildman–Crippen LogP) is 6.32. The summed E-state index contributed by atoms with van der Waals surface area (Å²) >= 11 is 10.0. The highest BCUT2D eigenvalue weighted by Gasteiger charge is 2.62. The molecule has 1 unspecified atom stereocenters. The van der Waals surface area contributed by atoms with Gasteiger partial charge in [0.25, 0.3) is 5.72 Å². The van der Waals surface area contributed by atoms with Crippen LogP contribution < -0.4 is 5.32 Å². The van der Waals surface area contributed by atoms with Gasteiger partial charge in [0.15, 0.2) is 5.11 Å². The average Bonchev–Trinajstić information content (AvgIpc) is 2.94. The number of hydrazone groups is 1. The van der Waals surface area contributed by atoms with Crippen LogP contribution in [0, 0.1) is 5.92 Å². The fraction of sp³-hybridized carbons (Fsp3) is 0.684. The fourth-order valence-corrected chi connectivity index (χ4v) is 2.57. The van der Waals surface area contributed by atoms with Crippen LogP contribution in [0.3, 0.4) is 0 Å². The molecule has 0 aromatic carbocycles. The summed E-state index contributed by atoms with van der Waals surface area (Å²) in [6.07, 6.45) is -0.806. The Labute approximate surface area is 177 Å². The van der Waals surface area contributed by atoms with E-state index in [9.17, 15) is 18.3 Å². The highest BCUT2D eigenvalue weighted by molar-refractivity contribution is 7.80. The molecule has 0 fully saturated rings. The standard InChI is InChI=1S/C14H22F3N3OS.C3H5Cl.C2H6/c1-5-6-10(4)18-12(22)20-13(21,14(15,16)17)8-11(19-20)7-9(2)3;1-2-3-4;1-2/h6,9,21H,5,7-8H2,1-4H3,(H,18,22);2-3H,1H3;1-2H3/b10-6+;3-2+;. The first-order valence-corrected chi connectivity index (χ1v) is 10.1. The van der Waals surface area contributed by atoms with Crippen LogP contribution >= 0.6 is 23.8 Å². The summed E-state index contributed by atoms with van der Waals surface area (Å²) in [4.78, 5) is 0. The zero-order valence-electron chi connectivity index (χ0n) is 17.7. The van der Waals surface area contributed by atoms with E-state index in [1.807, 2.05) is 41.5 Å². The number of nitrogens with zero attached hydrogens (tertiary/aromatic N) is 2. The lowest BCUT2D eigenvalue weighted by Crippen LogP contribution is -2.58. The van der Waals surface area contributed by atoms with Crippen LogP contribution in [-0.2, 0) is 0 Å². The molecule has 1 aliphatic rings. The van der Waals surface area contributed by atoms with E-state index >= 15 is 0 Å². The Morgan fingerprint density at radius 1 is 1.43 bits per heavy atom. The quantitative estimate of drug-likeness (QED) is 0.499. The molecule has 4 nitrogen and oxygen atoms in total. The Kier molecular flexibility index (Phi) is 14.5. The first-order chi connectivity index (χ1) is 12.9. The second-order valence-electron chi connectivity index (χ2n) is 6.25. The summed E-state index contributed by atoms with van der Waals surface area (Å²) in [5.74, 6) is 0.138. The van der Waals surface area contributed by atoms with Gasteiger partial charge in [-0.2, -0.15) is 23.3 Å². The lowest BCUT2D eigenvalue weighted by Gasteiger charge is -2.34. The molecule has 1 aliphatic heterocycles. The molecule has 0 bridgehead atoms. The molecule has 9 heteroatoms. The van der Waals surface area contributed by atoms with Crippen LogP contribution in [0.1, 0.15) is 67.7 Å². The summed E-state index contributed by atoms with van der Waals surface area (Å²) in [6.45, 7) is 13.2. The molecule has 0 saturated carbocycles. The lowest BCUT2D eigenvalue weighted by molar-refractivity contribution is -0.294. The maximum absolute atomic E-state index is 13.3. The summed E-state index contributed by atoms with van der Waals surface area (Å²) in [6, 6.07) is 0. The smallest absolute Gasteiger partial charge is 0.362 e. The maximum atomic E-state index is 13.3. The average molecular weight is 444 g/mol. The van der Waals surface area contributed by atoms with Gasteiger partial charge >= 0.3 is 6.18 Å². The van der Waals surface area contributed by atoms with Crippen molar-refractivity contribution in [1.82, 2.24) is 10.3 Å². The SMILES string of the molecule is C/C=C/Cl.CC.CC/C=C(\C)NC(=S)N1N=C(CC(C)C)CC1(O)C(F)(F)F. The van der Waals surface area contributed by atoms with E-state index in [-0.39, 0.29) is 16.7 Å². The minimum absolute atomic E-state index is 0.138. The van der Waals surface area contributed by atoms with Crippen molar-refractivity contribution in [3.05, 3.63) is 23.4 Å². The van der Waals surface area contributed by atoms with E-state index in [1.165, 1.54) is 5.54 Å². The van der Waals surface area contributed by atoms with Crippen molar-refractivity contribution in [2.75, 3.05) is 0 Å². The Balaban J connectivity index is 0. The Bertz CT molecular complexity index is 559. The van der Waals surface area contributed by atoms with E-state index in [0.717, 1.165) is 0 Å². The molecule has 0 amide bonds. The van der Waals surface area contributed by atoms with Gasteiger partial charge in [-0.05, 0) is 50.4 Å². The molecule has 0 aromatic heterocycles. The first kappa shape index (κ1) is 29.1. The van der Waals surface area contributed by atoms with Crippen LogP contribution in [0.25, 0.3) is 0 Å². The van der Waals surface area contributed by atoms with Gasteiger partial charge in [0.1, 0.15) is 0 Å². The third kappa shape index (κ3) is 9.39. The van der Waals surface area contributed by atoms with Crippen LogP contribution in [0.5, 0.6) is 0 Å². The largest absolute Gasteiger partial charge is 0.438 e. The van der Waals surface area contributed by atoms with E-state index < -0.39 is 18.3 Å². The fourth-order valence-electron chi connectivity index (χ4n) is 2.22. The molecule has 1 rings (SSSR count). The molecule has 28 heavy (non-hydrogen) atoms. The molecule has 1 atom stereocenters. The van der Waals surface area contributed by atoms with Gasteiger partial charge in [-0.3, -0.25) is 0 Å². The Morgan fingerprint density at radius 3 is 2.29 bits per heavy atom. The van der Waals surface area contributed by atoms with Crippen LogP contribution in [-0.4, -0.2) is 32.8 Å². The number of allylic oxidation sites excluding steroid dienone is 3. The van der Waals surface area contributed by atoms with Crippen molar-refractivity contribution in [3.8, 4) is 0 Å². The summed E-state index contributed by atoms with van der Waals surface area (Å²) in [7, 11) is 0. The van der Waals surface area contributed by atoms with Gasteiger partial charge < -0.3 is 10.4 Å². The van der Waals surface area contributed by atoms with Gasteiger partial charge in [0.05, 0.1) is 0 Å². The highest BCUT2D eigenvalue weighted by Crippen LogP contribution is 2.41. The highest BCUT2D eigenvalue weighted by atomic mass is 35.5. The molecule has 0 aromatic rings. The van der Waals surface area contributed by atoms with Crippen molar-refractivity contribution >= 4 is 34.6 Å². The van der Waals surface area contributed by atoms with Crippen molar-refractivity contribution in [3.63, 3.8) is 0 Å². The van der Waals surface area contributed by atoms with Crippen LogP contribution in [0.4, 0.5) is 13.2 Å². The number of hydrogen-bond donors (Lipinski definition) is 2. The Hall–Kier alpha value is -1.12. The predicted molar refractivity (Wildman–Crippen MR) is 116 cm³/mol. The topological polar surface area (TPSA) is 47.9 Å². The van der Waals surface area contributed by atoms with Crippen molar-refractivity contribution in [2.24, 2.45) is 11.0 Å². The minimum atomic E-state index is -4.86. The first-order valence-electron chi connectivity index (χ1n) is 9.27. The summed E-state index contributed by atoms with van der Waals surface area (Å²) < 4.78 is 39.9.